The van der Waals surface area contributed by atoms with Gasteiger partial charge in [0.15, 0.2) is 5.66 Å². The molecule has 1 fully saturated rings. The number of nitrogens with zero attached hydrogens (tertiary/aromatic N) is 2. The van der Waals surface area contributed by atoms with Gasteiger partial charge in [-0.25, -0.2) is 9.78 Å². The van der Waals surface area contributed by atoms with Crippen LogP contribution >= 0.6 is 0 Å². The molecule has 6 heteroatoms. The molecule has 0 radical (unpaired) electrons. The summed E-state index contributed by atoms with van der Waals surface area (Å²) in [6.45, 7) is 0.447. The number of amides is 1. The summed E-state index contributed by atoms with van der Waals surface area (Å²) < 4.78 is 0. The number of aromatic amines is 1. The van der Waals surface area contributed by atoms with Crippen molar-refractivity contribution in [3.05, 3.63) is 30.1 Å². The lowest BCUT2D eigenvalue weighted by Crippen LogP contribution is -2.51. The Morgan fingerprint density at radius 1 is 1.50 bits per heavy atom. The average molecular weight is 246 g/mol. The Morgan fingerprint density at radius 2 is 2.28 bits per heavy atom. The van der Waals surface area contributed by atoms with Crippen molar-refractivity contribution in [1.82, 2.24) is 14.9 Å². The Labute approximate surface area is 103 Å². The SMILES string of the molecule is NC1(c2nc3ccccc3[nH]2)CCCN1C(=O)O. The Morgan fingerprint density at radius 3 is 3.00 bits per heavy atom. The first-order valence-electron chi connectivity index (χ1n) is 5.86. The van der Waals surface area contributed by atoms with Crippen molar-refractivity contribution in [3.63, 3.8) is 0 Å². The van der Waals surface area contributed by atoms with E-state index in [1.54, 1.807) is 0 Å². The van der Waals surface area contributed by atoms with E-state index in [2.05, 4.69) is 9.97 Å². The molecule has 1 saturated heterocycles. The van der Waals surface area contributed by atoms with E-state index in [-0.39, 0.29) is 0 Å². The van der Waals surface area contributed by atoms with E-state index < -0.39 is 11.8 Å². The van der Waals surface area contributed by atoms with Crippen LogP contribution in [0.2, 0.25) is 0 Å². The minimum Gasteiger partial charge on any atom is -0.465 e. The summed E-state index contributed by atoms with van der Waals surface area (Å²) in [7, 11) is 0. The monoisotopic (exact) mass is 246 g/mol. The zero-order valence-corrected chi connectivity index (χ0v) is 9.76. The van der Waals surface area contributed by atoms with Gasteiger partial charge in [-0.15, -0.1) is 0 Å². The summed E-state index contributed by atoms with van der Waals surface area (Å²) in [5.41, 5.74) is 6.87. The zero-order valence-electron chi connectivity index (χ0n) is 9.76. The van der Waals surface area contributed by atoms with Crippen LogP contribution in [0.3, 0.4) is 0 Å². The number of rotatable bonds is 1. The molecule has 1 aromatic carbocycles. The molecule has 1 aliphatic heterocycles. The van der Waals surface area contributed by atoms with E-state index in [4.69, 9.17) is 5.73 Å². The van der Waals surface area contributed by atoms with Crippen LogP contribution in [0.5, 0.6) is 0 Å². The van der Waals surface area contributed by atoms with Gasteiger partial charge in [-0.3, -0.25) is 4.90 Å². The lowest BCUT2D eigenvalue weighted by molar-refractivity contribution is 0.0998. The average Bonchev–Trinajstić information content (AvgIpc) is 2.92. The molecule has 2 heterocycles. The van der Waals surface area contributed by atoms with Gasteiger partial charge in [0.1, 0.15) is 5.82 Å². The molecular formula is C12H14N4O2. The fourth-order valence-corrected chi connectivity index (χ4v) is 2.51. The first-order valence-corrected chi connectivity index (χ1v) is 5.86. The predicted molar refractivity (Wildman–Crippen MR) is 65.9 cm³/mol. The van der Waals surface area contributed by atoms with E-state index in [0.29, 0.717) is 18.8 Å². The lowest BCUT2D eigenvalue weighted by Gasteiger charge is -2.30. The summed E-state index contributed by atoms with van der Waals surface area (Å²) in [6, 6.07) is 7.56. The Hall–Kier alpha value is -2.08. The molecule has 1 atom stereocenters. The highest BCUT2D eigenvalue weighted by atomic mass is 16.4. The number of imidazole rings is 1. The zero-order chi connectivity index (χ0) is 12.8. The Bertz CT molecular complexity index is 576. The van der Waals surface area contributed by atoms with Crippen LogP contribution in [0.1, 0.15) is 18.7 Å². The second kappa shape index (κ2) is 3.71. The van der Waals surface area contributed by atoms with Crippen LogP contribution in [0.25, 0.3) is 11.0 Å². The molecule has 3 rings (SSSR count). The van der Waals surface area contributed by atoms with Crippen molar-refractivity contribution < 1.29 is 9.90 Å². The molecule has 18 heavy (non-hydrogen) atoms. The maximum Gasteiger partial charge on any atom is 0.409 e. The fraction of sp³-hybridized carbons (Fsp3) is 0.333. The maximum atomic E-state index is 11.2. The molecule has 94 valence electrons. The van der Waals surface area contributed by atoms with Crippen LogP contribution in [-0.4, -0.2) is 32.6 Å². The molecule has 0 spiro atoms. The van der Waals surface area contributed by atoms with E-state index in [1.165, 1.54) is 4.90 Å². The van der Waals surface area contributed by atoms with Gasteiger partial charge >= 0.3 is 6.09 Å². The number of likely N-dealkylation sites (tertiary alicyclic amines) is 1. The van der Waals surface area contributed by atoms with Crippen molar-refractivity contribution in [1.29, 1.82) is 0 Å². The number of hydrogen-bond acceptors (Lipinski definition) is 3. The van der Waals surface area contributed by atoms with Gasteiger partial charge in [0.05, 0.1) is 11.0 Å². The quantitative estimate of drug-likeness (QED) is 0.709. The highest BCUT2D eigenvalue weighted by molar-refractivity contribution is 5.75. The molecule has 1 unspecified atom stereocenters. The van der Waals surface area contributed by atoms with Crippen LogP contribution < -0.4 is 5.73 Å². The normalized spacial score (nSPS) is 23.7. The third kappa shape index (κ3) is 1.46. The summed E-state index contributed by atoms with van der Waals surface area (Å²) in [4.78, 5) is 20.0. The fourth-order valence-electron chi connectivity index (χ4n) is 2.51. The number of para-hydroxylation sites is 2. The van der Waals surface area contributed by atoms with E-state index in [1.807, 2.05) is 24.3 Å². The van der Waals surface area contributed by atoms with E-state index >= 15 is 0 Å². The van der Waals surface area contributed by atoms with Gasteiger partial charge in [-0.1, -0.05) is 12.1 Å². The standard InChI is InChI=1S/C12H14N4O2/c13-12(6-3-7-16(12)11(17)18)10-14-8-4-1-2-5-9(8)15-10/h1-2,4-5H,3,6-7,13H2,(H,14,15)(H,17,18). The number of benzene rings is 1. The van der Waals surface area contributed by atoms with Crippen LogP contribution in [-0.2, 0) is 5.66 Å². The van der Waals surface area contributed by atoms with Gasteiger partial charge in [-0.05, 0) is 25.0 Å². The number of hydrogen-bond donors (Lipinski definition) is 3. The second-order valence-corrected chi connectivity index (χ2v) is 4.56. The molecular weight excluding hydrogens is 232 g/mol. The molecule has 1 amide bonds. The minimum absolute atomic E-state index is 0.447. The van der Waals surface area contributed by atoms with E-state index in [9.17, 15) is 9.90 Å². The first kappa shape index (κ1) is 11.0. The number of H-pyrrole nitrogens is 1. The number of aromatic nitrogens is 2. The molecule has 1 aliphatic rings. The van der Waals surface area contributed by atoms with Gasteiger partial charge in [0.25, 0.3) is 0 Å². The number of carboxylic acid groups (broad SMARTS) is 1. The molecule has 2 aromatic rings. The largest absolute Gasteiger partial charge is 0.465 e. The third-order valence-corrected chi connectivity index (χ3v) is 3.45. The van der Waals surface area contributed by atoms with E-state index in [0.717, 1.165) is 17.5 Å². The topological polar surface area (TPSA) is 95.2 Å². The Balaban J connectivity index is 2.09. The van der Waals surface area contributed by atoms with Gasteiger partial charge in [0.2, 0.25) is 0 Å². The summed E-state index contributed by atoms with van der Waals surface area (Å²) in [6.07, 6.45) is 0.328. The lowest BCUT2D eigenvalue weighted by atomic mass is 10.1. The number of nitrogens with two attached hydrogens (primary N) is 1. The smallest absolute Gasteiger partial charge is 0.409 e. The predicted octanol–water partition coefficient (Wildman–Crippen LogP) is 1.45. The number of nitrogens with one attached hydrogen (secondary N) is 1. The molecule has 0 saturated carbocycles. The van der Waals surface area contributed by atoms with Crippen molar-refractivity contribution in [3.8, 4) is 0 Å². The molecule has 6 nitrogen and oxygen atoms in total. The van der Waals surface area contributed by atoms with Crippen LogP contribution in [0.4, 0.5) is 4.79 Å². The van der Waals surface area contributed by atoms with Crippen molar-refractivity contribution in [2.75, 3.05) is 6.54 Å². The second-order valence-electron chi connectivity index (χ2n) is 4.56. The molecule has 0 bridgehead atoms. The molecule has 4 N–H and O–H groups in total. The molecule has 0 aliphatic carbocycles. The molecule has 1 aromatic heterocycles. The maximum absolute atomic E-state index is 11.2. The highest BCUT2D eigenvalue weighted by Crippen LogP contribution is 2.33. The van der Waals surface area contributed by atoms with Crippen molar-refractivity contribution in [2.45, 2.75) is 18.5 Å². The number of carbonyl (C=O) groups is 1. The van der Waals surface area contributed by atoms with Crippen molar-refractivity contribution in [2.24, 2.45) is 5.73 Å². The highest BCUT2D eigenvalue weighted by Gasteiger charge is 2.44. The third-order valence-electron chi connectivity index (χ3n) is 3.45. The van der Waals surface area contributed by atoms with Crippen LogP contribution in [0.15, 0.2) is 24.3 Å². The van der Waals surface area contributed by atoms with Crippen molar-refractivity contribution >= 4 is 17.1 Å². The van der Waals surface area contributed by atoms with Gasteiger partial charge < -0.3 is 15.8 Å². The first-order chi connectivity index (χ1) is 8.61. The summed E-state index contributed by atoms with van der Waals surface area (Å²) >= 11 is 0. The summed E-state index contributed by atoms with van der Waals surface area (Å²) in [5, 5.41) is 9.19. The Kier molecular flexibility index (Phi) is 2.27. The van der Waals surface area contributed by atoms with Gasteiger partial charge in [0, 0.05) is 6.54 Å². The minimum atomic E-state index is -1.04. The summed E-state index contributed by atoms with van der Waals surface area (Å²) in [5.74, 6) is 0.517. The number of fused-ring (bicyclic) bond motifs is 1. The van der Waals surface area contributed by atoms with Gasteiger partial charge in [-0.2, -0.15) is 0 Å². The van der Waals surface area contributed by atoms with Crippen LogP contribution in [0, 0.1) is 0 Å².